The van der Waals surface area contributed by atoms with Crippen LogP contribution in [-0.4, -0.2) is 39.7 Å². The van der Waals surface area contributed by atoms with Crippen molar-refractivity contribution in [3.8, 4) is 0 Å². The van der Waals surface area contributed by atoms with E-state index < -0.39 is 17.3 Å². The lowest BCUT2D eigenvalue weighted by Gasteiger charge is -2.21. The van der Waals surface area contributed by atoms with E-state index in [0.717, 1.165) is 0 Å². The monoisotopic (exact) mass is 240 g/mol. The van der Waals surface area contributed by atoms with Crippen molar-refractivity contribution in [1.82, 2.24) is 9.97 Å². The summed E-state index contributed by atoms with van der Waals surface area (Å²) < 4.78 is 13.8. The van der Waals surface area contributed by atoms with E-state index in [1.807, 2.05) is 0 Å². The van der Waals surface area contributed by atoms with Crippen molar-refractivity contribution in [2.75, 3.05) is 18.0 Å². The molecule has 0 radical (unpaired) electrons. The molecule has 2 rings (SSSR count). The first-order valence-electron chi connectivity index (χ1n) is 5.18. The summed E-state index contributed by atoms with van der Waals surface area (Å²) in [6.07, 6.45) is 1.52. The predicted octanol–water partition coefficient (Wildman–Crippen LogP) is -0.0837. The molecule has 17 heavy (non-hydrogen) atoms. The number of anilines is 1. The van der Waals surface area contributed by atoms with Crippen molar-refractivity contribution >= 4 is 11.8 Å². The number of carboxylic acid groups (broad SMARTS) is 1. The van der Waals surface area contributed by atoms with Gasteiger partial charge in [0.2, 0.25) is 0 Å². The molecule has 92 valence electrons. The molecular formula is C10H13FN4O2. The minimum Gasteiger partial charge on any atom is -0.480 e. The van der Waals surface area contributed by atoms with Gasteiger partial charge in [-0.2, -0.15) is 0 Å². The first-order chi connectivity index (χ1) is 7.94. The van der Waals surface area contributed by atoms with E-state index in [0.29, 0.717) is 6.54 Å². The molecule has 0 aromatic carbocycles. The maximum atomic E-state index is 13.8. The van der Waals surface area contributed by atoms with Crippen LogP contribution in [0.15, 0.2) is 6.33 Å². The minimum absolute atomic E-state index is 0.0513. The number of rotatable bonds is 2. The maximum absolute atomic E-state index is 13.8. The van der Waals surface area contributed by atoms with Gasteiger partial charge in [-0.1, -0.05) is 0 Å². The smallest absolute Gasteiger partial charge is 0.325 e. The fraction of sp³-hybridized carbons (Fsp3) is 0.500. The Morgan fingerprint density at radius 2 is 2.35 bits per heavy atom. The third kappa shape index (κ3) is 1.93. The summed E-state index contributed by atoms with van der Waals surface area (Å²) in [5, 5.41) is 8.98. The molecule has 7 heteroatoms. The van der Waals surface area contributed by atoms with Gasteiger partial charge in [0.1, 0.15) is 11.9 Å². The number of nitrogens with zero attached hydrogens (tertiary/aromatic N) is 3. The molecule has 1 atom stereocenters. The molecule has 2 heterocycles. The van der Waals surface area contributed by atoms with Crippen LogP contribution < -0.4 is 10.6 Å². The Morgan fingerprint density at radius 1 is 1.65 bits per heavy atom. The van der Waals surface area contributed by atoms with Gasteiger partial charge in [-0.05, 0) is 13.3 Å². The lowest BCUT2D eigenvalue weighted by atomic mass is 10.0. The number of aliphatic carboxylic acids is 1. The SMILES string of the molecule is Cc1ncnc(N2CCC(N)(C(=O)O)C2)c1F. The fourth-order valence-corrected chi connectivity index (χ4v) is 1.85. The minimum atomic E-state index is -1.33. The Labute approximate surface area is 97.3 Å². The number of aromatic nitrogens is 2. The standard InChI is InChI=1S/C10H13FN4O2/c1-6-7(11)8(14-5-13-6)15-3-2-10(12,4-15)9(16)17/h5H,2-4,12H2,1H3,(H,16,17). The van der Waals surface area contributed by atoms with Gasteiger partial charge in [-0.15, -0.1) is 0 Å². The highest BCUT2D eigenvalue weighted by Gasteiger charge is 2.42. The van der Waals surface area contributed by atoms with E-state index in [9.17, 15) is 9.18 Å². The predicted molar refractivity (Wildman–Crippen MR) is 58.1 cm³/mol. The van der Waals surface area contributed by atoms with Crippen LogP contribution in [0, 0.1) is 12.7 Å². The van der Waals surface area contributed by atoms with Crippen LogP contribution in [0.5, 0.6) is 0 Å². The Kier molecular flexibility index (Phi) is 2.70. The molecule has 0 spiro atoms. The lowest BCUT2D eigenvalue weighted by molar-refractivity contribution is -0.142. The number of halogens is 1. The molecule has 1 aromatic heterocycles. The molecule has 6 nitrogen and oxygen atoms in total. The lowest BCUT2D eigenvalue weighted by Crippen LogP contribution is -2.50. The van der Waals surface area contributed by atoms with E-state index in [4.69, 9.17) is 10.8 Å². The van der Waals surface area contributed by atoms with Crippen molar-refractivity contribution < 1.29 is 14.3 Å². The summed E-state index contributed by atoms with van der Waals surface area (Å²) in [5.74, 6) is -1.49. The van der Waals surface area contributed by atoms with Crippen molar-refractivity contribution in [2.45, 2.75) is 18.9 Å². The van der Waals surface area contributed by atoms with Gasteiger partial charge in [0.25, 0.3) is 0 Å². The number of hydrogen-bond donors (Lipinski definition) is 2. The van der Waals surface area contributed by atoms with E-state index in [2.05, 4.69) is 9.97 Å². The first kappa shape index (κ1) is 11.7. The van der Waals surface area contributed by atoms with Crippen LogP contribution in [0.3, 0.4) is 0 Å². The van der Waals surface area contributed by atoms with Gasteiger partial charge in [-0.25, -0.2) is 14.4 Å². The molecule has 1 unspecified atom stereocenters. The van der Waals surface area contributed by atoms with Gasteiger partial charge in [-0.3, -0.25) is 4.79 Å². The Balaban J connectivity index is 2.27. The third-order valence-electron chi connectivity index (χ3n) is 2.97. The largest absolute Gasteiger partial charge is 0.480 e. The van der Waals surface area contributed by atoms with Gasteiger partial charge in [0.15, 0.2) is 11.6 Å². The Morgan fingerprint density at radius 3 is 2.94 bits per heavy atom. The number of hydrogen-bond acceptors (Lipinski definition) is 5. The van der Waals surface area contributed by atoms with Crippen molar-refractivity contribution in [3.05, 3.63) is 17.8 Å². The summed E-state index contributed by atoms with van der Waals surface area (Å²) >= 11 is 0. The zero-order chi connectivity index (χ0) is 12.6. The van der Waals surface area contributed by atoms with E-state index in [-0.39, 0.29) is 24.5 Å². The quantitative estimate of drug-likeness (QED) is 0.751. The molecule has 1 aromatic rings. The number of nitrogens with two attached hydrogens (primary N) is 1. The highest BCUT2D eigenvalue weighted by molar-refractivity contribution is 5.80. The molecule has 3 N–H and O–H groups in total. The maximum Gasteiger partial charge on any atom is 0.325 e. The average molecular weight is 240 g/mol. The molecule has 1 fully saturated rings. The topological polar surface area (TPSA) is 92.3 Å². The number of carboxylic acids is 1. The highest BCUT2D eigenvalue weighted by atomic mass is 19.1. The van der Waals surface area contributed by atoms with Crippen LogP contribution in [0.4, 0.5) is 10.2 Å². The van der Waals surface area contributed by atoms with Gasteiger partial charge >= 0.3 is 5.97 Å². The van der Waals surface area contributed by atoms with E-state index in [1.165, 1.54) is 18.2 Å². The molecule has 1 aliphatic rings. The second kappa shape index (κ2) is 3.92. The summed E-state index contributed by atoms with van der Waals surface area (Å²) in [5.41, 5.74) is 4.62. The molecule has 1 aliphatic heterocycles. The van der Waals surface area contributed by atoms with E-state index >= 15 is 0 Å². The van der Waals surface area contributed by atoms with E-state index in [1.54, 1.807) is 0 Å². The summed E-state index contributed by atoms with van der Waals surface area (Å²) in [6, 6.07) is 0. The normalized spacial score (nSPS) is 24.1. The summed E-state index contributed by atoms with van der Waals surface area (Å²) in [7, 11) is 0. The zero-order valence-electron chi connectivity index (χ0n) is 9.35. The average Bonchev–Trinajstić information content (AvgIpc) is 2.66. The highest BCUT2D eigenvalue weighted by Crippen LogP contribution is 2.26. The van der Waals surface area contributed by atoms with Gasteiger partial charge in [0, 0.05) is 13.1 Å². The number of carbonyl (C=O) groups is 1. The third-order valence-corrected chi connectivity index (χ3v) is 2.97. The van der Waals surface area contributed by atoms with Crippen LogP contribution >= 0.6 is 0 Å². The fourth-order valence-electron chi connectivity index (χ4n) is 1.85. The molecular weight excluding hydrogens is 227 g/mol. The van der Waals surface area contributed by atoms with Crippen molar-refractivity contribution in [3.63, 3.8) is 0 Å². The summed E-state index contributed by atoms with van der Waals surface area (Å²) in [6.45, 7) is 1.95. The Hall–Kier alpha value is -1.76. The second-order valence-electron chi connectivity index (χ2n) is 4.23. The second-order valence-corrected chi connectivity index (χ2v) is 4.23. The first-order valence-corrected chi connectivity index (χ1v) is 5.18. The van der Waals surface area contributed by atoms with Crippen LogP contribution in [0.1, 0.15) is 12.1 Å². The van der Waals surface area contributed by atoms with Crippen molar-refractivity contribution in [1.29, 1.82) is 0 Å². The molecule has 0 saturated carbocycles. The zero-order valence-corrected chi connectivity index (χ0v) is 9.35. The summed E-state index contributed by atoms with van der Waals surface area (Å²) in [4.78, 5) is 20.1. The van der Waals surface area contributed by atoms with Gasteiger partial charge in [0.05, 0.1) is 5.69 Å². The van der Waals surface area contributed by atoms with Gasteiger partial charge < -0.3 is 15.7 Å². The molecule has 0 bridgehead atoms. The van der Waals surface area contributed by atoms with Crippen LogP contribution in [-0.2, 0) is 4.79 Å². The van der Waals surface area contributed by atoms with Crippen LogP contribution in [0.25, 0.3) is 0 Å². The van der Waals surface area contributed by atoms with Crippen molar-refractivity contribution in [2.24, 2.45) is 5.73 Å². The van der Waals surface area contributed by atoms with Crippen LogP contribution in [0.2, 0.25) is 0 Å². The number of aryl methyl sites for hydroxylation is 1. The molecule has 0 amide bonds. The molecule has 1 saturated heterocycles. The Bertz CT molecular complexity index is 468. The molecule has 0 aliphatic carbocycles.